The van der Waals surface area contributed by atoms with Crippen molar-refractivity contribution in [3.63, 3.8) is 0 Å². The lowest BCUT2D eigenvalue weighted by molar-refractivity contribution is -0.140. The zero-order valence-corrected chi connectivity index (χ0v) is 11.3. The number of sulfonamides is 1. The molecule has 1 saturated heterocycles. The number of aliphatic hydroxyl groups is 1. The molecule has 2 atom stereocenters. The van der Waals surface area contributed by atoms with Crippen molar-refractivity contribution in [3.8, 4) is 0 Å². The zero-order valence-electron chi connectivity index (χ0n) is 10.5. The number of nitrogens with zero attached hydrogens (tertiary/aromatic N) is 2. The fourth-order valence-corrected chi connectivity index (χ4v) is 4.28. The van der Waals surface area contributed by atoms with Crippen LogP contribution in [0.2, 0.25) is 0 Å². The molecule has 0 radical (unpaired) electrons. The van der Waals surface area contributed by atoms with Gasteiger partial charge in [0.1, 0.15) is 10.9 Å². The first-order valence-corrected chi connectivity index (χ1v) is 7.13. The number of aliphatic hydroxyl groups excluding tert-OH is 1. The van der Waals surface area contributed by atoms with Crippen molar-refractivity contribution in [1.82, 2.24) is 14.5 Å². The van der Waals surface area contributed by atoms with E-state index in [0.29, 0.717) is 5.69 Å². The summed E-state index contributed by atoms with van der Waals surface area (Å²) in [6.07, 6.45) is -1.08. The summed E-state index contributed by atoms with van der Waals surface area (Å²) in [6.45, 7) is 2.86. The van der Waals surface area contributed by atoms with Gasteiger partial charge in [0.25, 0.3) is 0 Å². The maximum Gasteiger partial charge on any atom is 0.322 e. The number of aromatic amines is 1. The molecule has 106 valence electrons. The molecule has 9 heteroatoms. The number of aromatic nitrogens is 2. The Kier molecular flexibility index (Phi) is 3.37. The maximum absolute atomic E-state index is 12.5. The Bertz CT molecular complexity index is 589. The molecule has 8 nitrogen and oxygen atoms in total. The van der Waals surface area contributed by atoms with E-state index < -0.39 is 28.1 Å². The largest absolute Gasteiger partial charge is 0.480 e. The number of rotatable bonds is 3. The minimum Gasteiger partial charge on any atom is -0.480 e. The Morgan fingerprint density at radius 3 is 2.58 bits per heavy atom. The van der Waals surface area contributed by atoms with Gasteiger partial charge < -0.3 is 10.2 Å². The highest BCUT2D eigenvalue weighted by Crippen LogP contribution is 2.29. The highest BCUT2D eigenvalue weighted by molar-refractivity contribution is 7.89. The molecule has 2 heterocycles. The van der Waals surface area contributed by atoms with Crippen LogP contribution in [0.3, 0.4) is 0 Å². The highest BCUT2D eigenvalue weighted by atomic mass is 32.2. The van der Waals surface area contributed by atoms with Gasteiger partial charge in [-0.15, -0.1) is 0 Å². The van der Waals surface area contributed by atoms with Crippen LogP contribution in [0.1, 0.15) is 17.8 Å². The van der Waals surface area contributed by atoms with Crippen LogP contribution in [0.15, 0.2) is 4.90 Å². The number of H-pyrrole nitrogens is 1. The molecule has 19 heavy (non-hydrogen) atoms. The topological polar surface area (TPSA) is 124 Å². The van der Waals surface area contributed by atoms with Gasteiger partial charge in [-0.3, -0.25) is 9.89 Å². The van der Waals surface area contributed by atoms with Crippen LogP contribution in [0.25, 0.3) is 0 Å². The van der Waals surface area contributed by atoms with Crippen LogP contribution >= 0.6 is 0 Å². The van der Waals surface area contributed by atoms with Crippen molar-refractivity contribution in [2.75, 3.05) is 6.54 Å². The summed E-state index contributed by atoms with van der Waals surface area (Å²) in [5.41, 5.74) is 0.631. The van der Waals surface area contributed by atoms with Crippen LogP contribution < -0.4 is 0 Å². The van der Waals surface area contributed by atoms with Crippen molar-refractivity contribution < 1.29 is 23.4 Å². The van der Waals surface area contributed by atoms with Crippen LogP contribution in [0.5, 0.6) is 0 Å². The smallest absolute Gasteiger partial charge is 0.322 e. The van der Waals surface area contributed by atoms with Crippen LogP contribution in [0.4, 0.5) is 0 Å². The number of hydrogen-bond acceptors (Lipinski definition) is 5. The Morgan fingerprint density at radius 2 is 2.11 bits per heavy atom. The van der Waals surface area contributed by atoms with Crippen LogP contribution in [-0.2, 0) is 14.8 Å². The number of nitrogens with one attached hydrogen (secondary N) is 1. The van der Waals surface area contributed by atoms with E-state index in [1.54, 1.807) is 6.92 Å². The van der Waals surface area contributed by atoms with Crippen LogP contribution in [-0.4, -0.2) is 57.8 Å². The number of carbonyl (C=O) groups is 1. The lowest BCUT2D eigenvalue weighted by Gasteiger charge is -2.20. The molecule has 1 aromatic heterocycles. The molecule has 1 fully saturated rings. The number of carboxylic acid groups (broad SMARTS) is 1. The van der Waals surface area contributed by atoms with Gasteiger partial charge >= 0.3 is 5.97 Å². The molecular formula is C10H15N3O5S. The third-order valence-electron chi connectivity index (χ3n) is 3.15. The van der Waals surface area contributed by atoms with Crippen molar-refractivity contribution in [3.05, 3.63) is 11.4 Å². The Balaban J connectivity index is 2.48. The fraction of sp³-hybridized carbons (Fsp3) is 0.600. The van der Waals surface area contributed by atoms with Crippen molar-refractivity contribution >= 4 is 16.0 Å². The van der Waals surface area contributed by atoms with Crippen molar-refractivity contribution in [2.45, 2.75) is 37.3 Å². The molecule has 0 aromatic carbocycles. The third kappa shape index (κ3) is 2.24. The van der Waals surface area contributed by atoms with Gasteiger partial charge in [0.2, 0.25) is 10.0 Å². The summed E-state index contributed by atoms with van der Waals surface area (Å²) in [7, 11) is -3.99. The second-order valence-electron chi connectivity index (χ2n) is 4.58. The van der Waals surface area contributed by atoms with Gasteiger partial charge in [0.05, 0.1) is 17.5 Å². The van der Waals surface area contributed by atoms with Gasteiger partial charge in [-0.05, 0) is 13.8 Å². The Morgan fingerprint density at radius 1 is 1.47 bits per heavy atom. The minimum atomic E-state index is -3.99. The molecule has 1 aromatic rings. The summed E-state index contributed by atoms with van der Waals surface area (Å²) in [5, 5.41) is 24.9. The van der Waals surface area contributed by atoms with Crippen molar-refractivity contribution in [1.29, 1.82) is 0 Å². The summed E-state index contributed by atoms with van der Waals surface area (Å²) in [4.78, 5) is 11.1. The molecule has 0 aliphatic carbocycles. The monoisotopic (exact) mass is 289 g/mol. The molecule has 2 rings (SSSR count). The van der Waals surface area contributed by atoms with E-state index in [4.69, 9.17) is 5.11 Å². The number of β-amino-alcohol motifs (C(OH)–C–C–N with tert-alkyl or cyclic N) is 1. The summed E-state index contributed by atoms with van der Waals surface area (Å²) < 4.78 is 25.8. The molecule has 1 aliphatic rings. The summed E-state index contributed by atoms with van der Waals surface area (Å²) in [5.74, 6) is -1.26. The molecule has 0 unspecified atom stereocenters. The number of aliphatic carboxylic acids is 1. The molecule has 0 saturated carbocycles. The predicted octanol–water partition coefficient (Wildman–Crippen LogP) is -0.765. The Labute approximate surface area is 110 Å². The maximum atomic E-state index is 12.5. The van der Waals surface area contributed by atoms with E-state index in [1.165, 1.54) is 6.92 Å². The normalized spacial score (nSPS) is 24.8. The minimum absolute atomic E-state index is 0.0205. The summed E-state index contributed by atoms with van der Waals surface area (Å²) >= 11 is 0. The molecule has 0 bridgehead atoms. The first-order valence-electron chi connectivity index (χ1n) is 5.69. The summed E-state index contributed by atoms with van der Waals surface area (Å²) in [6, 6.07) is -1.24. The molecule has 3 N–H and O–H groups in total. The second-order valence-corrected chi connectivity index (χ2v) is 6.41. The first kappa shape index (κ1) is 14.0. The van der Waals surface area contributed by atoms with Crippen molar-refractivity contribution in [2.24, 2.45) is 0 Å². The molecule has 1 aliphatic heterocycles. The van der Waals surface area contributed by atoms with E-state index in [1.807, 2.05) is 0 Å². The highest BCUT2D eigenvalue weighted by Gasteiger charge is 2.44. The Hall–Kier alpha value is -1.45. The average Bonchev–Trinajstić information content (AvgIpc) is 2.83. The number of aryl methyl sites for hydroxylation is 2. The van der Waals surface area contributed by atoms with Gasteiger partial charge in [0, 0.05) is 13.0 Å². The lowest BCUT2D eigenvalue weighted by Crippen LogP contribution is -2.40. The number of hydrogen-bond donors (Lipinski definition) is 3. The standard InChI is InChI=1S/C10H15N3O5S/c1-5-9(6(2)12-11-5)19(17,18)13-4-7(14)3-8(13)10(15)16/h7-8,14H,3-4H2,1-2H3,(H,11,12)(H,15,16)/t7-,8-/m0/s1. The third-order valence-corrected chi connectivity index (χ3v) is 5.28. The second kappa shape index (κ2) is 4.58. The van der Waals surface area contributed by atoms with Gasteiger partial charge in [-0.25, -0.2) is 8.42 Å². The van der Waals surface area contributed by atoms with E-state index in [2.05, 4.69) is 10.2 Å². The predicted molar refractivity (Wildman–Crippen MR) is 64.0 cm³/mol. The fourth-order valence-electron chi connectivity index (χ4n) is 2.31. The zero-order chi connectivity index (χ0) is 14.4. The van der Waals surface area contributed by atoms with E-state index >= 15 is 0 Å². The SMILES string of the molecule is Cc1n[nH]c(C)c1S(=O)(=O)N1C[C@@H](O)C[C@H]1C(=O)O. The van der Waals surface area contributed by atoms with Gasteiger partial charge in [-0.2, -0.15) is 9.40 Å². The van der Waals surface area contributed by atoms with E-state index in [9.17, 15) is 18.3 Å². The van der Waals surface area contributed by atoms with Gasteiger partial charge in [-0.1, -0.05) is 0 Å². The molecule has 0 spiro atoms. The number of carboxylic acids is 1. The van der Waals surface area contributed by atoms with E-state index in [0.717, 1.165) is 4.31 Å². The van der Waals surface area contributed by atoms with E-state index in [-0.39, 0.29) is 23.6 Å². The molecule has 0 amide bonds. The first-order chi connectivity index (χ1) is 8.75. The quantitative estimate of drug-likeness (QED) is 0.671. The van der Waals surface area contributed by atoms with Crippen LogP contribution in [0, 0.1) is 13.8 Å². The lowest BCUT2D eigenvalue weighted by atomic mass is 10.2. The van der Waals surface area contributed by atoms with Gasteiger partial charge in [0.15, 0.2) is 0 Å². The molecular weight excluding hydrogens is 274 g/mol. The average molecular weight is 289 g/mol.